The molecule has 0 spiro atoms. The second-order valence-electron chi connectivity index (χ2n) is 9.96. The van der Waals surface area contributed by atoms with Gasteiger partial charge < -0.3 is 26.6 Å². The topological polar surface area (TPSA) is 112 Å². The summed E-state index contributed by atoms with van der Waals surface area (Å²) in [4.78, 5) is 17.2. The molecule has 194 valence electrons. The average Bonchev–Trinajstić information content (AvgIpc) is 3.26. The van der Waals surface area contributed by atoms with E-state index in [4.69, 9.17) is 11.5 Å². The highest BCUT2D eigenvalue weighted by Gasteiger charge is 2.44. The van der Waals surface area contributed by atoms with Crippen LogP contribution in [-0.2, 0) is 11.3 Å². The lowest BCUT2D eigenvalue weighted by atomic mass is 9.82. The van der Waals surface area contributed by atoms with Gasteiger partial charge >= 0.3 is 0 Å². The predicted octanol–water partition coefficient (Wildman–Crippen LogP) is 2.45. The Balaban J connectivity index is 2.01. The number of carbonyl (C=O) groups is 1. The monoisotopic (exact) mass is 495 g/mol. The number of nitrogens with one attached hydrogen (secondary N) is 2. The van der Waals surface area contributed by atoms with Gasteiger partial charge in [-0.25, -0.2) is 4.39 Å². The maximum Gasteiger partial charge on any atom is 0.244 e. The third kappa shape index (κ3) is 6.97. The first-order valence-electron chi connectivity index (χ1n) is 12.2. The molecule has 0 aromatic heterocycles. The number of amides is 1. The van der Waals surface area contributed by atoms with Crippen LogP contribution in [0, 0.1) is 5.41 Å². The molecule has 2 aromatic carbocycles. The summed E-state index contributed by atoms with van der Waals surface area (Å²) < 4.78 is 14.7. The van der Waals surface area contributed by atoms with Crippen LogP contribution in [0.4, 0.5) is 4.39 Å². The summed E-state index contributed by atoms with van der Waals surface area (Å²) in [6.45, 7) is 6.39. The summed E-state index contributed by atoms with van der Waals surface area (Å²) in [5, 5.41) is 7.38. The lowest BCUT2D eigenvalue weighted by molar-refractivity contribution is -0.138. The second kappa shape index (κ2) is 12.4. The molecule has 8 nitrogen and oxygen atoms in total. The van der Waals surface area contributed by atoms with Crippen molar-refractivity contribution >= 4 is 17.9 Å². The summed E-state index contributed by atoms with van der Waals surface area (Å²) in [7, 11) is 0. The largest absolute Gasteiger partial charge is 0.388 e. The molecule has 9 heteroatoms. The quantitative estimate of drug-likeness (QED) is 0.216. The van der Waals surface area contributed by atoms with Crippen LogP contribution in [0.15, 0.2) is 72.0 Å². The van der Waals surface area contributed by atoms with Crippen LogP contribution in [0.25, 0.3) is 5.70 Å². The smallest absolute Gasteiger partial charge is 0.244 e. The number of nitrogens with zero attached hydrogens (tertiary/aromatic N) is 3. The maximum absolute atomic E-state index is 14.7. The Morgan fingerprint density at radius 2 is 1.83 bits per heavy atom. The van der Waals surface area contributed by atoms with Crippen LogP contribution in [0.5, 0.6) is 0 Å². The van der Waals surface area contributed by atoms with Crippen LogP contribution in [0.3, 0.4) is 0 Å². The molecule has 0 aliphatic carbocycles. The van der Waals surface area contributed by atoms with Gasteiger partial charge in [0, 0.05) is 19.3 Å². The lowest BCUT2D eigenvalue weighted by Crippen LogP contribution is -2.62. The summed E-state index contributed by atoms with van der Waals surface area (Å²) in [5.74, 6) is -0.286. The van der Waals surface area contributed by atoms with Crippen LogP contribution < -0.4 is 22.2 Å². The molecule has 1 heterocycles. The molecule has 0 saturated carbocycles. The molecular weight excluding hydrogens is 457 g/mol. The molecular formula is C27H38FN7O. The molecule has 3 rings (SSSR count). The maximum atomic E-state index is 14.7. The van der Waals surface area contributed by atoms with Gasteiger partial charge in [0.25, 0.3) is 0 Å². The summed E-state index contributed by atoms with van der Waals surface area (Å²) in [5.41, 5.74) is 16.3. The van der Waals surface area contributed by atoms with Crippen molar-refractivity contribution in [3.05, 3.63) is 78.0 Å². The highest BCUT2D eigenvalue weighted by molar-refractivity contribution is 5.79. The van der Waals surface area contributed by atoms with E-state index in [9.17, 15) is 9.18 Å². The van der Waals surface area contributed by atoms with Gasteiger partial charge in [-0.3, -0.25) is 10.2 Å². The molecule has 0 fully saturated rings. The van der Waals surface area contributed by atoms with Gasteiger partial charge in [0.2, 0.25) is 5.91 Å². The Bertz CT molecular complexity index is 1020. The van der Waals surface area contributed by atoms with E-state index in [1.54, 1.807) is 4.90 Å². The molecule has 0 bridgehead atoms. The zero-order chi connectivity index (χ0) is 26.1. The van der Waals surface area contributed by atoms with Crippen LogP contribution in [0.1, 0.15) is 31.9 Å². The number of rotatable bonds is 11. The van der Waals surface area contributed by atoms with Crippen molar-refractivity contribution in [2.75, 3.05) is 19.6 Å². The minimum Gasteiger partial charge on any atom is -0.388 e. The number of alkyl halides is 1. The fraction of sp³-hybridized carbons (Fsp3) is 0.407. The first-order chi connectivity index (χ1) is 17.2. The molecule has 36 heavy (non-hydrogen) atoms. The number of benzene rings is 2. The average molecular weight is 496 g/mol. The first-order valence-corrected chi connectivity index (χ1v) is 12.2. The lowest BCUT2D eigenvalue weighted by Gasteiger charge is -2.46. The van der Waals surface area contributed by atoms with Crippen molar-refractivity contribution in [2.24, 2.45) is 22.0 Å². The highest BCUT2D eigenvalue weighted by Crippen LogP contribution is 2.34. The Labute approximate surface area is 213 Å². The normalized spacial score (nSPS) is 17.4. The van der Waals surface area contributed by atoms with Crippen molar-refractivity contribution in [1.29, 1.82) is 0 Å². The van der Waals surface area contributed by atoms with Gasteiger partial charge in [0.05, 0.1) is 18.3 Å². The van der Waals surface area contributed by atoms with E-state index in [1.165, 1.54) is 0 Å². The zero-order valence-electron chi connectivity index (χ0n) is 21.3. The third-order valence-corrected chi connectivity index (χ3v) is 6.14. The SMILES string of the molecule is CC(C)(C)[C@H](C1NC(c2ccccc2)=CN1Cc1ccccc1)N(C[C@@H](F)CN)C(=O)CN/N=C\N. The first kappa shape index (κ1) is 27.0. The minimum atomic E-state index is -1.36. The molecule has 2 aromatic rings. The molecule has 0 saturated heterocycles. The van der Waals surface area contributed by atoms with Crippen LogP contribution in [0.2, 0.25) is 0 Å². The Kier molecular flexibility index (Phi) is 9.30. The molecule has 3 atom stereocenters. The van der Waals surface area contributed by atoms with Gasteiger partial charge in [-0.1, -0.05) is 81.4 Å². The zero-order valence-corrected chi connectivity index (χ0v) is 21.3. The number of halogens is 1. The molecule has 0 radical (unpaired) electrons. The van der Waals surface area contributed by atoms with E-state index in [1.807, 2.05) is 48.5 Å². The number of nitrogens with two attached hydrogens (primary N) is 2. The summed E-state index contributed by atoms with van der Waals surface area (Å²) >= 11 is 0. The number of hydrazone groups is 1. The molecule has 1 unspecified atom stereocenters. The highest BCUT2D eigenvalue weighted by atomic mass is 19.1. The number of hydrogen-bond acceptors (Lipinski definition) is 6. The Morgan fingerprint density at radius 1 is 1.19 bits per heavy atom. The van der Waals surface area contributed by atoms with Gasteiger partial charge in [-0.15, -0.1) is 0 Å². The fourth-order valence-electron chi connectivity index (χ4n) is 4.54. The van der Waals surface area contributed by atoms with Crippen molar-refractivity contribution in [1.82, 2.24) is 20.5 Å². The molecule has 1 aliphatic heterocycles. The summed E-state index contributed by atoms with van der Waals surface area (Å²) in [6, 6.07) is 19.8. The van der Waals surface area contributed by atoms with Crippen molar-refractivity contribution in [3.63, 3.8) is 0 Å². The van der Waals surface area contributed by atoms with E-state index in [2.05, 4.69) is 59.8 Å². The van der Waals surface area contributed by atoms with E-state index in [-0.39, 0.29) is 31.7 Å². The molecule has 1 amide bonds. The second-order valence-corrected chi connectivity index (χ2v) is 9.96. The predicted molar refractivity (Wildman–Crippen MR) is 143 cm³/mol. The number of hydrogen-bond donors (Lipinski definition) is 4. The van der Waals surface area contributed by atoms with E-state index in [0.29, 0.717) is 6.54 Å². The summed E-state index contributed by atoms with van der Waals surface area (Å²) in [6.07, 6.45) is 1.49. The van der Waals surface area contributed by atoms with E-state index >= 15 is 0 Å². The molecule has 6 N–H and O–H groups in total. The fourth-order valence-corrected chi connectivity index (χ4v) is 4.54. The van der Waals surface area contributed by atoms with Gasteiger partial charge in [0.15, 0.2) is 0 Å². The Morgan fingerprint density at radius 3 is 2.42 bits per heavy atom. The van der Waals surface area contributed by atoms with Gasteiger partial charge in [0.1, 0.15) is 25.2 Å². The molecule has 1 aliphatic rings. The van der Waals surface area contributed by atoms with Crippen molar-refractivity contribution < 1.29 is 9.18 Å². The third-order valence-electron chi connectivity index (χ3n) is 6.14. The van der Waals surface area contributed by atoms with Crippen molar-refractivity contribution in [3.8, 4) is 0 Å². The number of carbonyl (C=O) groups excluding carboxylic acids is 1. The van der Waals surface area contributed by atoms with Crippen LogP contribution >= 0.6 is 0 Å². The van der Waals surface area contributed by atoms with Crippen molar-refractivity contribution in [2.45, 2.75) is 45.7 Å². The van der Waals surface area contributed by atoms with Gasteiger partial charge in [-0.05, 0) is 16.5 Å². The van der Waals surface area contributed by atoms with Gasteiger partial charge in [-0.2, -0.15) is 5.10 Å². The Hall–Kier alpha value is -3.59. The van der Waals surface area contributed by atoms with E-state index < -0.39 is 17.6 Å². The van der Waals surface area contributed by atoms with E-state index in [0.717, 1.165) is 23.2 Å². The standard InChI is InChI=1S/C27H38FN7O/c1-27(2,3)25(35(17-22(28)14-29)24(36)15-31-32-19-30)26-33-23(21-12-8-5-9-13-21)18-34(26)16-20-10-6-4-7-11-20/h4-13,18-19,22,25-26,31,33H,14-17,29H2,1-3H3,(H2,30,32)/t22-,25-,26?/m0/s1. The van der Waals surface area contributed by atoms with Crippen LogP contribution in [-0.4, -0.2) is 60.1 Å². The minimum absolute atomic E-state index is 0.109.